The van der Waals surface area contributed by atoms with E-state index in [1.54, 1.807) is 18.0 Å². The van der Waals surface area contributed by atoms with Crippen LogP contribution in [0.2, 0.25) is 0 Å². The summed E-state index contributed by atoms with van der Waals surface area (Å²) in [7, 11) is -2.11. The number of amides is 1. The van der Waals surface area contributed by atoms with Crippen LogP contribution in [0.1, 0.15) is 0 Å². The van der Waals surface area contributed by atoms with Crippen molar-refractivity contribution in [2.45, 2.75) is 0 Å². The molecular formula is C8H13N3O4S. The summed E-state index contributed by atoms with van der Waals surface area (Å²) >= 11 is 0. The van der Waals surface area contributed by atoms with Crippen LogP contribution in [0.15, 0.2) is 17.8 Å². The first kappa shape index (κ1) is 14.5. The largest absolute Gasteiger partial charge is 0.748 e. The zero-order valence-corrected chi connectivity index (χ0v) is 9.74. The van der Waals surface area contributed by atoms with E-state index in [4.69, 9.17) is 18.8 Å². The molecule has 0 spiro atoms. The lowest BCUT2D eigenvalue weighted by Crippen LogP contribution is -2.37. The monoisotopic (exact) mass is 247 g/mol. The van der Waals surface area contributed by atoms with Crippen LogP contribution in [0.3, 0.4) is 0 Å². The molecule has 1 heterocycles. The van der Waals surface area contributed by atoms with Crippen molar-refractivity contribution in [2.24, 2.45) is 5.84 Å². The third kappa shape index (κ3) is 6.91. The molecule has 16 heavy (non-hydrogen) atoms. The lowest BCUT2D eigenvalue weighted by atomic mass is 10.2. The number of carbonyl (C=O) groups excluding carboxylic acids is 1. The van der Waals surface area contributed by atoms with Gasteiger partial charge in [-0.15, -0.1) is 0 Å². The van der Waals surface area contributed by atoms with Crippen molar-refractivity contribution in [3.8, 4) is 0 Å². The number of hydrogen-bond acceptors (Lipinski definition) is 6. The topological polar surface area (TPSA) is 116 Å². The van der Waals surface area contributed by atoms with Crippen LogP contribution in [0, 0.1) is 6.08 Å². The normalized spacial score (nSPS) is 14.2. The van der Waals surface area contributed by atoms with Gasteiger partial charge >= 0.3 is 5.91 Å². The first-order valence-electron chi connectivity index (χ1n) is 4.17. The number of nitrogens with one attached hydrogen (secondary N) is 1. The number of nitrogens with two attached hydrogens (primary N) is 1. The number of nitrogens with zero attached hydrogens (tertiary/aromatic N) is 1. The van der Waals surface area contributed by atoms with E-state index in [9.17, 15) is 4.79 Å². The Balaban J connectivity index is 0.000000385. The fraction of sp³-hybridized carbons (Fsp3) is 0.375. The lowest BCUT2D eigenvalue weighted by molar-refractivity contribution is -0.118. The summed E-state index contributed by atoms with van der Waals surface area (Å²) in [5, 5.41) is 0. The van der Waals surface area contributed by atoms with Crippen LogP contribution in [0.25, 0.3) is 0 Å². The van der Waals surface area contributed by atoms with Crippen molar-refractivity contribution < 1.29 is 17.8 Å². The maximum absolute atomic E-state index is 11.0. The van der Waals surface area contributed by atoms with Crippen LogP contribution in [0.5, 0.6) is 0 Å². The lowest BCUT2D eigenvalue weighted by Gasteiger charge is -2.13. The Kier molecular flexibility index (Phi) is 5.62. The second kappa shape index (κ2) is 6.19. The number of carbonyl (C=O) groups is 1. The predicted octanol–water partition coefficient (Wildman–Crippen LogP) is -1.67. The molecule has 0 aromatic carbocycles. The van der Waals surface area contributed by atoms with Gasteiger partial charge in [-0.05, 0) is 0 Å². The minimum Gasteiger partial charge on any atom is -0.748 e. The molecule has 0 aromatic rings. The molecule has 7 nitrogen and oxygen atoms in total. The Morgan fingerprint density at radius 1 is 1.69 bits per heavy atom. The van der Waals surface area contributed by atoms with E-state index >= 15 is 0 Å². The average molecular weight is 247 g/mol. The summed E-state index contributed by atoms with van der Waals surface area (Å²) in [6.07, 6.45) is 7.02. The van der Waals surface area contributed by atoms with Crippen molar-refractivity contribution in [1.82, 2.24) is 10.3 Å². The van der Waals surface area contributed by atoms with E-state index in [0.717, 1.165) is 6.54 Å². The molecule has 90 valence electrons. The Hall–Kier alpha value is -1.47. The van der Waals surface area contributed by atoms with Gasteiger partial charge < -0.3 is 9.45 Å². The van der Waals surface area contributed by atoms with Gasteiger partial charge in [-0.25, -0.2) is 19.7 Å². The van der Waals surface area contributed by atoms with Gasteiger partial charge in [0.15, 0.2) is 0 Å². The molecule has 0 aliphatic carbocycles. The van der Waals surface area contributed by atoms with E-state index in [2.05, 4.69) is 11.5 Å². The maximum atomic E-state index is 11.0. The molecule has 1 aliphatic heterocycles. The van der Waals surface area contributed by atoms with Gasteiger partial charge in [0.05, 0.1) is 22.7 Å². The molecule has 0 aromatic heterocycles. The number of hydrogen-bond donors (Lipinski definition) is 2. The van der Waals surface area contributed by atoms with Crippen LogP contribution in [0.4, 0.5) is 0 Å². The molecule has 0 fully saturated rings. The number of hydrazine groups is 1. The van der Waals surface area contributed by atoms with Crippen LogP contribution in [-0.2, 0) is 14.9 Å². The third-order valence-electron chi connectivity index (χ3n) is 1.45. The maximum Gasteiger partial charge on any atom is 0.387 e. The standard InChI is InChI=1S/C7H9N3O.CH4O3S/c1-10-5-3-2-4-6(10)7(11)9-8;1-5(2,3)4/h2-3H,5,8H2,1H3;1H3,(H,2,3,4). The summed E-state index contributed by atoms with van der Waals surface area (Å²) in [5.41, 5.74) is 2.52. The zero-order valence-electron chi connectivity index (χ0n) is 8.93. The molecule has 0 saturated heterocycles. The van der Waals surface area contributed by atoms with Gasteiger partial charge in [0, 0.05) is 19.4 Å². The Labute approximate surface area is 94.3 Å². The first-order chi connectivity index (χ1) is 7.25. The van der Waals surface area contributed by atoms with Crippen LogP contribution >= 0.6 is 0 Å². The Morgan fingerprint density at radius 3 is 2.56 bits per heavy atom. The highest BCUT2D eigenvalue weighted by Gasteiger charge is 2.22. The van der Waals surface area contributed by atoms with Crippen LogP contribution in [-0.4, -0.2) is 43.6 Å². The van der Waals surface area contributed by atoms with Crippen molar-refractivity contribution in [3.63, 3.8) is 0 Å². The van der Waals surface area contributed by atoms with Gasteiger partial charge in [-0.2, -0.15) is 4.79 Å². The summed E-state index contributed by atoms with van der Waals surface area (Å²) in [6, 6.07) is 0. The minimum absolute atomic E-state index is 0.308. The van der Waals surface area contributed by atoms with Crippen molar-refractivity contribution in [2.75, 3.05) is 19.8 Å². The summed E-state index contributed by atoms with van der Waals surface area (Å²) < 4.78 is 27.2. The van der Waals surface area contributed by atoms with Gasteiger partial charge in [0.2, 0.25) is 0 Å². The number of allylic oxidation sites excluding steroid dienone is 2. The molecule has 8 heteroatoms. The van der Waals surface area contributed by atoms with Gasteiger partial charge in [0.25, 0.3) is 5.70 Å². The summed E-state index contributed by atoms with van der Waals surface area (Å²) in [5.74, 6) is 4.65. The molecule has 0 saturated carbocycles. The highest BCUT2D eigenvalue weighted by Crippen LogP contribution is 2.04. The van der Waals surface area contributed by atoms with Crippen molar-refractivity contribution in [1.29, 1.82) is 0 Å². The molecule has 0 atom stereocenters. The van der Waals surface area contributed by atoms with E-state index in [1.807, 2.05) is 6.08 Å². The fourth-order valence-electron chi connectivity index (χ4n) is 0.857. The predicted molar refractivity (Wildman–Crippen MR) is 56.5 cm³/mol. The van der Waals surface area contributed by atoms with Gasteiger partial charge in [0.1, 0.15) is 6.08 Å². The smallest absolute Gasteiger partial charge is 0.387 e. The Bertz CT molecular complexity index is 392. The second-order valence-corrected chi connectivity index (χ2v) is 4.36. The van der Waals surface area contributed by atoms with E-state index < -0.39 is 10.1 Å². The third-order valence-corrected chi connectivity index (χ3v) is 1.45. The summed E-state index contributed by atoms with van der Waals surface area (Å²) in [4.78, 5) is 12.7. The molecule has 3 N–H and O–H groups in total. The van der Waals surface area contributed by atoms with Gasteiger partial charge in [-0.1, -0.05) is 0 Å². The van der Waals surface area contributed by atoms with E-state index in [1.165, 1.54) is 0 Å². The second-order valence-electron chi connectivity index (χ2n) is 2.95. The highest BCUT2D eigenvalue weighted by atomic mass is 32.2. The first-order valence-corrected chi connectivity index (χ1v) is 5.98. The highest BCUT2D eigenvalue weighted by molar-refractivity contribution is 7.84. The molecule has 1 rings (SSSR count). The van der Waals surface area contributed by atoms with Crippen LogP contribution < -0.4 is 11.3 Å². The van der Waals surface area contributed by atoms with E-state index in [0.29, 0.717) is 12.0 Å². The van der Waals surface area contributed by atoms with Gasteiger partial charge in [-0.3, -0.25) is 0 Å². The molecule has 1 amide bonds. The molecule has 0 bridgehead atoms. The van der Waals surface area contributed by atoms with E-state index in [-0.39, 0.29) is 5.91 Å². The van der Waals surface area contributed by atoms with Crippen molar-refractivity contribution in [3.05, 3.63) is 23.9 Å². The zero-order chi connectivity index (χ0) is 12.8. The number of likely N-dealkylation sites (N-methyl/N-ethyl adjacent to an activating group) is 1. The SMILES string of the molecule is CN1CC=C[C+]=C1C(=O)NN.CS(=O)(=O)[O-]. The Morgan fingerprint density at radius 2 is 2.19 bits per heavy atom. The molecule has 0 unspecified atom stereocenters. The molecular weight excluding hydrogens is 234 g/mol. The average Bonchev–Trinajstić information content (AvgIpc) is 2.15. The van der Waals surface area contributed by atoms with Crippen molar-refractivity contribution >= 4 is 16.0 Å². The minimum atomic E-state index is -3.92. The number of rotatable bonds is 1. The molecule has 1 aliphatic rings. The molecule has 0 radical (unpaired) electrons. The quantitative estimate of drug-likeness (QED) is 0.188. The summed E-state index contributed by atoms with van der Waals surface area (Å²) in [6.45, 7) is 0.718. The fourth-order valence-corrected chi connectivity index (χ4v) is 0.857.